The van der Waals surface area contributed by atoms with Crippen molar-refractivity contribution < 1.29 is 4.79 Å². The van der Waals surface area contributed by atoms with Crippen LogP contribution in [0.5, 0.6) is 0 Å². The summed E-state index contributed by atoms with van der Waals surface area (Å²) in [7, 11) is 0. The van der Waals surface area contributed by atoms with Gasteiger partial charge in [-0.05, 0) is 49.7 Å². The second-order valence-corrected chi connectivity index (χ2v) is 4.25. The molecule has 0 unspecified atom stereocenters. The van der Waals surface area contributed by atoms with Gasteiger partial charge < -0.3 is 0 Å². The Kier molecular flexibility index (Phi) is 2.72. The zero-order chi connectivity index (χ0) is 9.97. The Morgan fingerprint density at radius 3 is 2.93 bits per heavy atom. The van der Waals surface area contributed by atoms with Gasteiger partial charge in [-0.1, -0.05) is 10.6 Å². The van der Waals surface area contributed by atoms with E-state index in [-0.39, 0.29) is 5.78 Å². The van der Waals surface area contributed by atoms with E-state index in [4.69, 9.17) is 0 Å². The van der Waals surface area contributed by atoms with Gasteiger partial charge in [0.25, 0.3) is 0 Å². The van der Waals surface area contributed by atoms with Gasteiger partial charge in [0.1, 0.15) is 4.88 Å². The van der Waals surface area contributed by atoms with Crippen molar-refractivity contribution in [2.75, 3.05) is 0 Å². The van der Waals surface area contributed by atoms with Crippen LogP contribution >= 0.6 is 11.5 Å². The summed E-state index contributed by atoms with van der Waals surface area (Å²) < 4.78 is 3.78. The summed E-state index contributed by atoms with van der Waals surface area (Å²) in [5.41, 5.74) is 1.71. The summed E-state index contributed by atoms with van der Waals surface area (Å²) in [6.45, 7) is 1.83. The van der Waals surface area contributed by atoms with Crippen LogP contribution in [0.15, 0.2) is 11.6 Å². The average molecular weight is 208 g/mol. The first-order chi connectivity index (χ1) is 6.79. The van der Waals surface area contributed by atoms with Crippen LogP contribution in [-0.4, -0.2) is 15.4 Å². The molecule has 0 N–H and O–H groups in total. The molecule has 1 heterocycles. The Bertz CT molecular complexity index is 381. The normalized spacial score (nSPS) is 16.5. The zero-order valence-electron chi connectivity index (χ0n) is 8.12. The topological polar surface area (TPSA) is 42.9 Å². The van der Waals surface area contributed by atoms with Crippen LogP contribution in [0.3, 0.4) is 0 Å². The molecule has 0 amide bonds. The maximum atomic E-state index is 11.9. The molecule has 0 saturated heterocycles. The molecular weight excluding hydrogens is 196 g/mol. The van der Waals surface area contributed by atoms with Crippen molar-refractivity contribution in [1.82, 2.24) is 9.59 Å². The lowest BCUT2D eigenvalue weighted by molar-refractivity contribution is 0.103. The average Bonchev–Trinajstić information content (AvgIpc) is 2.65. The summed E-state index contributed by atoms with van der Waals surface area (Å²) in [5.74, 6) is 0.136. The molecule has 0 aliphatic heterocycles. The Morgan fingerprint density at radius 1 is 1.50 bits per heavy atom. The fraction of sp³-hybridized carbons (Fsp3) is 0.500. The lowest BCUT2D eigenvalue weighted by atomic mass is 9.95. The van der Waals surface area contributed by atoms with E-state index in [0.29, 0.717) is 4.88 Å². The van der Waals surface area contributed by atoms with E-state index in [2.05, 4.69) is 15.7 Å². The van der Waals surface area contributed by atoms with Crippen molar-refractivity contribution >= 4 is 17.3 Å². The highest BCUT2D eigenvalue weighted by Crippen LogP contribution is 2.23. The van der Waals surface area contributed by atoms with Gasteiger partial charge >= 0.3 is 0 Å². The Morgan fingerprint density at radius 2 is 2.36 bits per heavy atom. The van der Waals surface area contributed by atoms with Crippen LogP contribution in [0.1, 0.15) is 41.0 Å². The molecule has 0 saturated carbocycles. The Hall–Kier alpha value is -1.03. The van der Waals surface area contributed by atoms with Gasteiger partial charge in [0.2, 0.25) is 5.78 Å². The van der Waals surface area contributed by atoms with E-state index >= 15 is 0 Å². The number of allylic oxidation sites excluding steroid dienone is 2. The van der Waals surface area contributed by atoms with E-state index in [9.17, 15) is 4.79 Å². The number of aromatic nitrogens is 2. The highest BCUT2D eigenvalue weighted by atomic mass is 32.1. The molecule has 1 aromatic rings. The Labute approximate surface area is 87.0 Å². The number of ketones is 1. The fourth-order valence-corrected chi connectivity index (χ4v) is 2.26. The second-order valence-electron chi connectivity index (χ2n) is 3.49. The molecule has 0 bridgehead atoms. The summed E-state index contributed by atoms with van der Waals surface area (Å²) in [6, 6.07) is 0. The number of nitrogens with zero attached hydrogens (tertiary/aromatic N) is 2. The van der Waals surface area contributed by atoms with Gasteiger partial charge in [0, 0.05) is 0 Å². The first kappa shape index (κ1) is 9.52. The quantitative estimate of drug-likeness (QED) is 0.701. The molecule has 1 aromatic heterocycles. The van der Waals surface area contributed by atoms with Crippen molar-refractivity contribution in [2.24, 2.45) is 0 Å². The molecule has 0 fully saturated rings. The molecule has 74 valence electrons. The minimum absolute atomic E-state index is 0.136. The number of rotatable bonds is 2. The smallest absolute Gasteiger partial charge is 0.202 e. The summed E-state index contributed by atoms with van der Waals surface area (Å²) in [5, 5.41) is 3.85. The SMILES string of the molecule is Cc1nnsc1C(=O)C1=CCCCC1. The van der Waals surface area contributed by atoms with E-state index in [1.807, 2.05) is 6.92 Å². The third kappa shape index (κ3) is 1.75. The van der Waals surface area contributed by atoms with Gasteiger partial charge in [-0.3, -0.25) is 4.79 Å². The first-order valence-corrected chi connectivity index (χ1v) is 5.59. The van der Waals surface area contributed by atoms with E-state index < -0.39 is 0 Å². The maximum absolute atomic E-state index is 11.9. The molecule has 0 atom stereocenters. The predicted molar refractivity (Wildman–Crippen MR) is 55.5 cm³/mol. The van der Waals surface area contributed by atoms with E-state index in [1.54, 1.807) is 0 Å². The molecule has 0 radical (unpaired) electrons. The molecule has 4 heteroatoms. The molecule has 1 aliphatic rings. The zero-order valence-corrected chi connectivity index (χ0v) is 8.93. The van der Waals surface area contributed by atoms with Gasteiger partial charge in [-0.25, -0.2) is 0 Å². The van der Waals surface area contributed by atoms with Gasteiger partial charge in [-0.15, -0.1) is 5.10 Å². The minimum atomic E-state index is 0.136. The number of carbonyl (C=O) groups excluding carboxylic acids is 1. The number of carbonyl (C=O) groups is 1. The maximum Gasteiger partial charge on any atom is 0.202 e. The third-order valence-corrected chi connectivity index (χ3v) is 3.27. The standard InChI is InChI=1S/C10H12N2OS/c1-7-10(14-12-11-7)9(13)8-5-3-2-4-6-8/h5H,2-4,6H2,1H3. The van der Waals surface area contributed by atoms with Gasteiger partial charge in [-0.2, -0.15) is 0 Å². The van der Waals surface area contributed by atoms with Crippen molar-refractivity contribution in [1.29, 1.82) is 0 Å². The minimum Gasteiger partial charge on any atom is -0.288 e. The summed E-state index contributed by atoms with van der Waals surface area (Å²) in [6.07, 6.45) is 6.34. The molecule has 0 aromatic carbocycles. The number of hydrogen-bond donors (Lipinski definition) is 0. The lowest BCUT2D eigenvalue weighted by Gasteiger charge is -2.09. The van der Waals surface area contributed by atoms with Crippen LogP contribution in [-0.2, 0) is 0 Å². The van der Waals surface area contributed by atoms with Crippen LogP contribution in [0.4, 0.5) is 0 Å². The first-order valence-electron chi connectivity index (χ1n) is 4.81. The van der Waals surface area contributed by atoms with Crippen molar-refractivity contribution in [3.63, 3.8) is 0 Å². The largest absolute Gasteiger partial charge is 0.288 e. The molecule has 3 nitrogen and oxygen atoms in total. The van der Waals surface area contributed by atoms with Crippen molar-refractivity contribution in [3.05, 3.63) is 22.2 Å². The second kappa shape index (κ2) is 4.00. The summed E-state index contributed by atoms with van der Waals surface area (Å²) in [4.78, 5) is 12.7. The molecule has 1 aliphatic carbocycles. The van der Waals surface area contributed by atoms with Crippen molar-refractivity contribution in [2.45, 2.75) is 32.6 Å². The van der Waals surface area contributed by atoms with Crippen LogP contribution in [0, 0.1) is 6.92 Å². The highest BCUT2D eigenvalue weighted by molar-refractivity contribution is 7.08. The Balaban J connectivity index is 2.23. The van der Waals surface area contributed by atoms with Crippen LogP contribution < -0.4 is 0 Å². The van der Waals surface area contributed by atoms with Gasteiger partial charge in [0.05, 0.1) is 5.69 Å². The highest BCUT2D eigenvalue weighted by Gasteiger charge is 2.18. The monoisotopic (exact) mass is 208 g/mol. The van der Waals surface area contributed by atoms with Crippen LogP contribution in [0.25, 0.3) is 0 Å². The summed E-state index contributed by atoms with van der Waals surface area (Å²) >= 11 is 1.20. The van der Waals surface area contributed by atoms with Gasteiger partial charge in [0.15, 0.2) is 0 Å². The fourth-order valence-electron chi connectivity index (χ4n) is 1.63. The number of hydrogen-bond acceptors (Lipinski definition) is 4. The molecule has 2 rings (SSSR count). The molecule has 14 heavy (non-hydrogen) atoms. The number of aryl methyl sites for hydroxylation is 1. The van der Waals surface area contributed by atoms with Crippen molar-refractivity contribution in [3.8, 4) is 0 Å². The molecular formula is C10H12N2OS. The number of Topliss-reactive ketones (excluding diaryl/α,β-unsaturated/α-hetero) is 1. The van der Waals surface area contributed by atoms with Crippen LogP contribution in [0.2, 0.25) is 0 Å². The predicted octanol–water partition coefficient (Wildman–Crippen LogP) is 2.53. The van der Waals surface area contributed by atoms with E-state index in [0.717, 1.165) is 30.5 Å². The lowest BCUT2D eigenvalue weighted by Crippen LogP contribution is -2.06. The third-order valence-electron chi connectivity index (χ3n) is 2.44. The van der Waals surface area contributed by atoms with E-state index in [1.165, 1.54) is 18.0 Å². The molecule has 0 spiro atoms.